The van der Waals surface area contributed by atoms with Gasteiger partial charge in [0, 0.05) is 22.8 Å². The molecule has 0 radical (unpaired) electrons. The molecule has 1 aliphatic rings. The van der Waals surface area contributed by atoms with E-state index >= 15 is 0 Å². The van der Waals surface area contributed by atoms with Crippen molar-refractivity contribution >= 4 is 38.8 Å². The molecule has 26 heavy (non-hydrogen) atoms. The minimum Gasteiger partial charge on any atom is -0.288 e. The van der Waals surface area contributed by atoms with Crippen LogP contribution in [0.2, 0.25) is 0 Å². The molecule has 2 aromatic rings. The highest BCUT2D eigenvalue weighted by atomic mass is 35.5. The van der Waals surface area contributed by atoms with Crippen LogP contribution in [0.4, 0.5) is 5.69 Å². The van der Waals surface area contributed by atoms with Gasteiger partial charge in [0.2, 0.25) is 5.78 Å². The van der Waals surface area contributed by atoms with E-state index < -0.39 is 20.7 Å². The van der Waals surface area contributed by atoms with Crippen LogP contribution < -0.4 is 0 Å². The van der Waals surface area contributed by atoms with Gasteiger partial charge in [-0.05, 0) is 19.1 Å². The number of aryl methyl sites for hydroxylation is 1. The molecule has 0 N–H and O–H groups in total. The smallest absolute Gasteiger partial charge is 0.283 e. The van der Waals surface area contributed by atoms with Crippen molar-refractivity contribution < 1.29 is 18.1 Å². The second kappa shape index (κ2) is 6.47. The van der Waals surface area contributed by atoms with E-state index in [1.54, 1.807) is 18.2 Å². The predicted molar refractivity (Wildman–Crippen MR) is 96.3 cm³/mol. The van der Waals surface area contributed by atoms with Crippen molar-refractivity contribution in [2.75, 3.05) is 0 Å². The molecule has 0 aliphatic heterocycles. The molecule has 9 heteroatoms. The Balaban J connectivity index is 2.16. The molecule has 0 aromatic heterocycles. The standard InChI is InChI=1S/C17H11ClN2O5S/c1-10-6-7-11(8-16(10)20(22)23)26(24,25)19-15-9-14(18)17(21)13-5-3-2-4-12(13)15/h2-9H,1H3. The van der Waals surface area contributed by atoms with Crippen molar-refractivity contribution in [1.82, 2.24) is 0 Å². The average molecular weight is 391 g/mol. The highest BCUT2D eigenvalue weighted by Crippen LogP contribution is 2.27. The number of fused-ring (bicyclic) bond motifs is 1. The van der Waals surface area contributed by atoms with E-state index in [4.69, 9.17) is 11.6 Å². The Kier molecular flexibility index (Phi) is 4.47. The lowest BCUT2D eigenvalue weighted by Crippen LogP contribution is -2.16. The summed E-state index contributed by atoms with van der Waals surface area (Å²) in [5.74, 6) is -0.426. The number of carbonyl (C=O) groups is 1. The highest BCUT2D eigenvalue weighted by molar-refractivity contribution is 7.90. The van der Waals surface area contributed by atoms with Gasteiger partial charge in [-0.2, -0.15) is 12.8 Å². The normalized spacial score (nSPS) is 15.5. The van der Waals surface area contributed by atoms with E-state index in [0.29, 0.717) is 11.1 Å². The first-order chi connectivity index (χ1) is 12.2. The van der Waals surface area contributed by atoms with Crippen molar-refractivity contribution in [3.05, 3.63) is 80.4 Å². The van der Waals surface area contributed by atoms with E-state index in [1.165, 1.54) is 31.2 Å². The summed E-state index contributed by atoms with van der Waals surface area (Å²) in [4.78, 5) is 22.1. The maximum atomic E-state index is 12.6. The van der Waals surface area contributed by atoms with Gasteiger partial charge in [0.05, 0.1) is 20.6 Å². The maximum absolute atomic E-state index is 12.6. The average Bonchev–Trinajstić information content (AvgIpc) is 2.59. The van der Waals surface area contributed by atoms with Crippen LogP contribution in [0.5, 0.6) is 0 Å². The van der Waals surface area contributed by atoms with Crippen molar-refractivity contribution in [3.8, 4) is 0 Å². The summed E-state index contributed by atoms with van der Waals surface area (Å²) < 4.78 is 29.0. The summed E-state index contributed by atoms with van der Waals surface area (Å²) in [5.41, 5.74) is 0.571. The van der Waals surface area contributed by atoms with Crippen LogP contribution in [0.25, 0.3) is 0 Å². The third-order valence-corrected chi connectivity index (χ3v) is 5.39. The Morgan fingerprint density at radius 1 is 1.12 bits per heavy atom. The van der Waals surface area contributed by atoms with Crippen molar-refractivity contribution in [2.45, 2.75) is 11.8 Å². The van der Waals surface area contributed by atoms with Gasteiger partial charge in [0.15, 0.2) is 0 Å². The molecule has 0 unspecified atom stereocenters. The van der Waals surface area contributed by atoms with Crippen LogP contribution >= 0.6 is 11.6 Å². The Morgan fingerprint density at radius 2 is 1.77 bits per heavy atom. The molecular weight excluding hydrogens is 380 g/mol. The number of Topliss-reactive ketones (excluding diaryl/α,β-unsaturated/α-hetero) is 1. The van der Waals surface area contributed by atoms with Crippen LogP contribution in [0.1, 0.15) is 21.5 Å². The summed E-state index contributed by atoms with van der Waals surface area (Å²) in [6.07, 6.45) is 1.17. The molecule has 0 amide bonds. The molecule has 2 aromatic carbocycles. The summed E-state index contributed by atoms with van der Waals surface area (Å²) in [6.45, 7) is 1.51. The van der Waals surface area contributed by atoms with E-state index in [0.717, 1.165) is 6.07 Å². The Morgan fingerprint density at radius 3 is 2.42 bits per heavy atom. The van der Waals surface area contributed by atoms with Gasteiger partial charge in [-0.25, -0.2) is 0 Å². The van der Waals surface area contributed by atoms with Crippen LogP contribution in [0.15, 0.2) is 62.9 Å². The molecule has 0 bridgehead atoms. The lowest BCUT2D eigenvalue weighted by atomic mass is 9.94. The highest BCUT2D eigenvalue weighted by Gasteiger charge is 2.26. The maximum Gasteiger partial charge on any atom is 0.283 e. The van der Waals surface area contributed by atoms with E-state index in [1.807, 2.05) is 0 Å². The number of nitrogens with zero attached hydrogens (tertiary/aromatic N) is 2. The molecule has 0 atom stereocenters. The second-order valence-corrected chi connectivity index (χ2v) is 7.54. The topological polar surface area (TPSA) is 107 Å². The number of hydrogen-bond donors (Lipinski definition) is 0. The second-order valence-electron chi connectivity index (χ2n) is 5.52. The molecular formula is C17H11ClN2O5S. The number of benzene rings is 2. The van der Waals surface area contributed by atoms with Gasteiger partial charge in [0.1, 0.15) is 0 Å². The first-order valence-electron chi connectivity index (χ1n) is 7.32. The zero-order valence-electron chi connectivity index (χ0n) is 13.3. The zero-order chi connectivity index (χ0) is 19.1. The minimum atomic E-state index is -4.25. The molecule has 0 spiro atoms. The monoisotopic (exact) mass is 390 g/mol. The molecule has 0 saturated heterocycles. The third-order valence-electron chi connectivity index (χ3n) is 3.82. The number of nitro benzene ring substituents is 1. The number of carbonyl (C=O) groups excluding carboxylic acids is 1. The molecule has 0 fully saturated rings. The molecule has 0 saturated carbocycles. The van der Waals surface area contributed by atoms with Gasteiger partial charge in [-0.1, -0.05) is 41.9 Å². The van der Waals surface area contributed by atoms with E-state index in [2.05, 4.69) is 4.40 Å². The van der Waals surface area contributed by atoms with Gasteiger partial charge < -0.3 is 0 Å². The third kappa shape index (κ3) is 3.16. The zero-order valence-corrected chi connectivity index (χ0v) is 14.9. The van der Waals surface area contributed by atoms with Gasteiger partial charge in [-0.15, -0.1) is 0 Å². The molecule has 132 valence electrons. The van der Waals surface area contributed by atoms with E-state index in [-0.39, 0.29) is 26.9 Å². The first-order valence-corrected chi connectivity index (χ1v) is 9.14. The van der Waals surface area contributed by atoms with Crippen LogP contribution in [0.3, 0.4) is 0 Å². The molecule has 0 heterocycles. The number of rotatable bonds is 3. The minimum absolute atomic E-state index is 0.00609. The van der Waals surface area contributed by atoms with Crippen LogP contribution in [0, 0.1) is 17.0 Å². The predicted octanol–water partition coefficient (Wildman–Crippen LogP) is 3.40. The first kappa shape index (κ1) is 18.0. The van der Waals surface area contributed by atoms with Crippen molar-refractivity contribution in [1.29, 1.82) is 0 Å². The van der Waals surface area contributed by atoms with Crippen molar-refractivity contribution in [3.63, 3.8) is 0 Å². The quantitative estimate of drug-likeness (QED) is 0.589. The number of allylic oxidation sites excluding steroid dienone is 2. The number of hydrogen-bond acceptors (Lipinski definition) is 5. The number of sulfonamides is 1. The van der Waals surface area contributed by atoms with Gasteiger partial charge in [-0.3, -0.25) is 14.9 Å². The summed E-state index contributed by atoms with van der Waals surface area (Å²) in [6, 6.07) is 9.88. The lowest BCUT2D eigenvalue weighted by molar-refractivity contribution is -0.385. The van der Waals surface area contributed by atoms with Crippen LogP contribution in [-0.4, -0.2) is 24.8 Å². The number of ketones is 1. The largest absolute Gasteiger partial charge is 0.288 e. The van der Waals surface area contributed by atoms with Gasteiger partial charge in [0.25, 0.3) is 15.7 Å². The number of halogens is 1. The fourth-order valence-electron chi connectivity index (χ4n) is 2.50. The van der Waals surface area contributed by atoms with Crippen molar-refractivity contribution in [2.24, 2.45) is 4.40 Å². The Hall–Kier alpha value is -2.84. The van der Waals surface area contributed by atoms with Gasteiger partial charge >= 0.3 is 0 Å². The lowest BCUT2D eigenvalue weighted by Gasteiger charge is -2.14. The molecule has 3 rings (SSSR count). The summed E-state index contributed by atoms with van der Waals surface area (Å²) >= 11 is 5.90. The Bertz CT molecular complexity index is 1120. The van der Waals surface area contributed by atoms with Crippen LogP contribution in [-0.2, 0) is 10.0 Å². The molecule has 1 aliphatic carbocycles. The summed E-state index contributed by atoms with van der Waals surface area (Å²) in [7, 11) is -4.25. The fraction of sp³-hybridized carbons (Fsp3) is 0.0588. The Labute approximate surface area is 153 Å². The van der Waals surface area contributed by atoms with E-state index in [9.17, 15) is 23.3 Å². The SMILES string of the molecule is Cc1ccc(S(=O)(=O)N=C2C=C(Cl)C(=O)c3ccccc32)cc1[N+](=O)[O-]. The number of nitro groups is 1. The molecule has 7 nitrogen and oxygen atoms in total. The summed E-state index contributed by atoms with van der Waals surface area (Å²) in [5, 5.41) is 10.9. The fourth-order valence-corrected chi connectivity index (χ4v) is 3.72.